The van der Waals surface area contributed by atoms with Crippen molar-refractivity contribution < 1.29 is 28.2 Å². The number of nitrogens with one attached hydrogen (secondary N) is 1. The molecule has 0 aliphatic heterocycles. The second-order valence-corrected chi connectivity index (χ2v) is 9.21. The maximum absolute atomic E-state index is 15.3. The van der Waals surface area contributed by atoms with Gasteiger partial charge in [-0.2, -0.15) is 4.98 Å². The molecule has 1 saturated carbocycles. The standard InChI is InChI=1S/C30H26F2N2O4/c31-25-15-23(33-22-13-21(14-22)30(35)36)16-26(32)28(25)24-11-12-27(37-17-19-7-3-1-4-8-19)34-29(24)38-18-20-9-5-2-6-10-20/h1-12,15-16,21-22,33H,13-14,17-18H2,(H,35,36)/t21-,22-. The number of hydrogen-bond acceptors (Lipinski definition) is 5. The molecule has 5 rings (SSSR count). The number of aliphatic carboxylic acids is 1. The number of carboxylic acid groups (broad SMARTS) is 1. The Morgan fingerprint density at radius 3 is 2.03 bits per heavy atom. The minimum absolute atomic E-state index is 0.0428. The first kappa shape index (κ1) is 25.2. The fraction of sp³-hybridized carbons (Fsp3) is 0.200. The van der Waals surface area contributed by atoms with Crippen LogP contribution in [-0.2, 0) is 18.0 Å². The number of rotatable bonds is 10. The van der Waals surface area contributed by atoms with Gasteiger partial charge in [-0.1, -0.05) is 60.7 Å². The smallest absolute Gasteiger partial charge is 0.306 e. The van der Waals surface area contributed by atoms with E-state index in [4.69, 9.17) is 14.6 Å². The number of hydrogen-bond donors (Lipinski definition) is 2. The summed E-state index contributed by atoms with van der Waals surface area (Å²) in [5.74, 6) is -2.56. The van der Waals surface area contributed by atoms with Gasteiger partial charge in [-0.25, -0.2) is 8.78 Å². The quantitative estimate of drug-likeness (QED) is 0.252. The van der Waals surface area contributed by atoms with Crippen LogP contribution in [0.5, 0.6) is 11.8 Å². The van der Waals surface area contributed by atoms with Gasteiger partial charge in [-0.05, 0) is 42.2 Å². The number of ether oxygens (including phenoxy) is 2. The molecule has 0 radical (unpaired) electrons. The average Bonchev–Trinajstić information content (AvgIpc) is 2.89. The van der Waals surface area contributed by atoms with E-state index in [1.54, 1.807) is 6.07 Å². The molecule has 0 spiro atoms. The van der Waals surface area contributed by atoms with Crippen LogP contribution >= 0.6 is 0 Å². The number of benzene rings is 3. The Balaban J connectivity index is 1.40. The lowest BCUT2D eigenvalue weighted by atomic mass is 9.80. The van der Waals surface area contributed by atoms with Gasteiger partial charge < -0.3 is 19.9 Å². The van der Waals surface area contributed by atoms with Gasteiger partial charge in [0.15, 0.2) is 0 Å². The highest BCUT2D eigenvalue weighted by molar-refractivity contribution is 5.73. The summed E-state index contributed by atoms with van der Waals surface area (Å²) < 4.78 is 42.3. The van der Waals surface area contributed by atoms with Gasteiger partial charge in [-0.15, -0.1) is 0 Å². The Bertz CT molecular complexity index is 1390. The molecule has 0 bridgehead atoms. The number of aromatic nitrogens is 1. The summed E-state index contributed by atoms with van der Waals surface area (Å²) in [5.41, 5.74) is 1.96. The monoisotopic (exact) mass is 516 g/mol. The molecule has 4 aromatic rings. The van der Waals surface area contributed by atoms with Crippen LogP contribution in [0.15, 0.2) is 84.9 Å². The summed E-state index contributed by atoms with van der Waals surface area (Å²) in [7, 11) is 0. The molecule has 0 atom stereocenters. The van der Waals surface area contributed by atoms with Crippen LogP contribution < -0.4 is 14.8 Å². The molecular formula is C30H26F2N2O4. The van der Waals surface area contributed by atoms with Crippen molar-refractivity contribution in [2.24, 2.45) is 5.92 Å². The zero-order valence-corrected chi connectivity index (χ0v) is 20.4. The van der Waals surface area contributed by atoms with Gasteiger partial charge in [0.2, 0.25) is 11.8 Å². The maximum Gasteiger partial charge on any atom is 0.306 e. The van der Waals surface area contributed by atoms with Crippen molar-refractivity contribution in [2.75, 3.05) is 5.32 Å². The Morgan fingerprint density at radius 2 is 1.45 bits per heavy atom. The topological polar surface area (TPSA) is 80.7 Å². The average molecular weight is 517 g/mol. The third kappa shape index (κ3) is 5.91. The Kier molecular flexibility index (Phi) is 7.49. The van der Waals surface area contributed by atoms with Crippen LogP contribution in [0.1, 0.15) is 24.0 Å². The predicted molar refractivity (Wildman–Crippen MR) is 139 cm³/mol. The summed E-state index contributed by atoms with van der Waals surface area (Å²) in [6.45, 7) is 0.427. The highest BCUT2D eigenvalue weighted by atomic mass is 19.1. The minimum Gasteiger partial charge on any atom is -0.481 e. The fourth-order valence-electron chi connectivity index (χ4n) is 4.35. The van der Waals surface area contributed by atoms with Crippen molar-refractivity contribution in [1.82, 2.24) is 4.98 Å². The second-order valence-electron chi connectivity index (χ2n) is 9.21. The largest absolute Gasteiger partial charge is 0.481 e. The van der Waals surface area contributed by atoms with E-state index in [2.05, 4.69) is 10.3 Å². The molecule has 1 aliphatic carbocycles. The van der Waals surface area contributed by atoms with E-state index in [0.717, 1.165) is 11.1 Å². The summed E-state index contributed by atoms with van der Waals surface area (Å²) in [6, 6.07) is 24.3. The molecule has 38 heavy (non-hydrogen) atoms. The lowest BCUT2D eigenvalue weighted by Gasteiger charge is -2.33. The highest BCUT2D eigenvalue weighted by Gasteiger charge is 2.34. The molecule has 8 heteroatoms. The number of carbonyl (C=O) groups is 1. The van der Waals surface area contributed by atoms with Crippen LogP contribution in [0.2, 0.25) is 0 Å². The van der Waals surface area contributed by atoms with E-state index in [1.807, 2.05) is 60.7 Å². The second kappa shape index (κ2) is 11.3. The van der Waals surface area contributed by atoms with Gasteiger partial charge in [0, 0.05) is 17.8 Å². The van der Waals surface area contributed by atoms with Crippen molar-refractivity contribution in [3.8, 4) is 22.9 Å². The lowest BCUT2D eigenvalue weighted by Crippen LogP contribution is -2.39. The van der Waals surface area contributed by atoms with Crippen LogP contribution in [0.4, 0.5) is 14.5 Å². The minimum atomic E-state index is -0.859. The summed E-state index contributed by atoms with van der Waals surface area (Å²) in [6.07, 6.45) is 0.818. The molecule has 1 heterocycles. The molecule has 194 valence electrons. The van der Waals surface area contributed by atoms with E-state index in [1.165, 1.54) is 18.2 Å². The highest BCUT2D eigenvalue weighted by Crippen LogP contribution is 2.37. The third-order valence-electron chi connectivity index (χ3n) is 6.45. The van der Waals surface area contributed by atoms with Crippen molar-refractivity contribution in [3.05, 3.63) is 108 Å². The molecule has 1 aliphatic rings. The first-order chi connectivity index (χ1) is 18.5. The number of pyridine rings is 1. The summed E-state index contributed by atoms with van der Waals surface area (Å²) >= 11 is 0. The first-order valence-electron chi connectivity index (χ1n) is 12.3. The molecular weight excluding hydrogens is 490 g/mol. The molecule has 2 N–H and O–H groups in total. The Labute approximate surface area is 218 Å². The number of carboxylic acids is 1. The lowest BCUT2D eigenvalue weighted by molar-refractivity contribution is -0.144. The van der Waals surface area contributed by atoms with E-state index in [0.29, 0.717) is 12.8 Å². The van der Waals surface area contributed by atoms with Crippen molar-refractivity contribution in [2.45, 2.75) is 32.1 Å². The maximum atomic E-state index is 15.3. The SMILES string of the molecule is O=C(O)[C@H]1C[C@H](Nc2cc(F)c(-c3ccc(OCc4ccccc4)nc3OCc3ccccc3)c(F)c2)C1. The Morgan fingerprint density at radius 1 is 0.868 bits per heavy atom. The van der Waals surface area contributed by atoms with Gasteiger partial charge >= 0.3 is 5.97 Å². The number of halogens is 2. The van der Waals surface area contributed by atoms with Crippen molar-refractivity contribution in [3.63, 3.8) is 0 Å². The van der Waals surface area contributed by atoms with Crippen LogP contribution in [0.3, 0.4) is 0 Å². The zero-order chi connectivity index (χ0) is 26.5. The number of anilines is 1. The van der Waals surface area contributed by atoms with E-state index in [-0.39, 0.29) is 47.8 Å². The van der Waals surface area contributed by atoms with Gasteiger partial charge in [0.05, 0.1) is 17.0 Å². The summed E-state index contributed by atoms with van der Waals surface area (Å²) in [5, 5.41) is 12.1. The molecule has 6 nitrogen and oxygen atoms in total. The van der Waals surface area contributed by atoms with E-state index < -0.39 is 23.5 Å². The van der Waals surface area contributed by atoms with Crippen molar-refractivity contribution >= 4 is 11.7 Å². The molecule has 0 unspecified atom stereocenters. The first-order valence-corrected chi connectivity index (χ1v) is 12.3. The van der Waals surface area contributed by atoms with Crippen molar-refractivity contribution in [1.29, 1.82) is 0 Å². The van der Waals surface area contributed by atoms with Gasteiger partial charge in [-0.3, -0.25) is 4.79 Å². The molecule has 0 saturated heterocycles. The Hall–Kier alpha value is -4.46. The molecule has 1 aromatic heterocycles. The van der Waals surface area contributed by atoms with Crippen LogP contribution in [0, 0.1) is 17.6 Å². The van der Waals surface area contributed by atoms with E-state index >= 15 is 8.78 Å². The van der Waals surface area contributed by atoms with Gasteiger partial charge in [0.1, 0.15) is 24.8 Å². The number of nitrogens with zero attached hydrogens (tertiary/aromatic N) is 1. The summed E-state index contributed by atoms with van der Waals surface area (Å²) in [4.78, 5) is 15.5. The van der Waals surface area contributed by atoms with Crippen LogP contribution in [0.25, 0.3) is 11.1 Å². The van der Waals surface area contributed by atoms with E-state index in [9.17, 15) is 4.79 Å². The third-order valence-corrected chi connectivity index (χ3v) is 6.45. The molecule has 1 fully saturated rings. The predicted octanol–water partition coefficient (Wildman–Crippen LogP) is 6.46. The fourth-order valence-corrected chi connectivity index (χ4v) is 4.35. The van der Waals surface area contributed by atoms with Crippen LogP contribution in [-0.4, -0.2) is 22.1 Å². The molecule has 3 aromatic carbocycles. The normalized spacial score (nSPS) is 16.4. The van der Waals surface area contributed by atoms with Gasteiger partial charge in [0.25, 0.3) is 0 Å². The molecule has 0 amide bonds. The zero-order valence-electron chi connectivity index (χ0n) is 20.4.